The van der Waals surface area contributed by atoms with Crippen molar-refractivity contribution in [2.24, 2.45) is 0 Å². The van der Waals surface area contributed by atoms with Gasteiger partial charge in [0.25, 0.3) is 0 Å². The Morgan fingerprint density at radius 3 is 2.12 bits per heavy atom. The quantitative estimate of drug-likeness (QED) is 0.320. The van der Waals surface area contributed by atoms with E-state index in [1.165, 1.54) is 11.4 Å². The Balaban J connectivity index is 2.01. The lowest BCUT2D eigenvalue weighted by atomic mass is 10.1. The van der Waals surface area contributed by atoms with Crippen LogP contribution in [0.3, 0.4) is 0 Å². The van der Waals surface area contributed by atoms with Crippen LogP contribution in [-0.2, 0) is 14.6 Å². The zero-order chi connectivity index (χ0) is 23.5. The Labute approximate surface area is 196 Å². The summed E-state index contributed by atoms with van der Waals surface area (Å²) in [6.45, 7) is 6.59. The van der Waals surface area contributed by atoms with Gasteiger partial charge in [-0.25, -0.2) is 13.2 Å². The van der Waals surface area contributed by atoms with Crippen LogP contribution >= 0.6 is 11.6 Å². The lowest BCUT2D eigenvalue weighted by molar-refractivity contribution is 0.0284. The second kappa shape index (κ2) is 9.61. The number of sulfone groups is 1. The summed E-state index contributed by atoms with van der Waals surface area (Å²) in [5.41, 5.74) is 1.15. The van der Waals surface area contributed by atoms with Crippen LogP contribution in [-0.4, -0.2) is 28.7 Å². The first-order valence-corrected chi connectivity index (χ1v) is 15.7. The molecule has 0 aliphatic carbocycles. The summed E-state index contributed by atoms with van der Waals surface area (Å²) in [7, 11) is -5.40. The second-order valence-corrected chi connectivity index (χ2v) is 15.9. The highest BCUT2D eigenvalue weighted by Crippen LogP contribution is 2.38. The SMILES string of the molecule is C[C@@H](C(OC(=O)c1cccc(Cl)c1)c1ccc(S(C)(=O)=O)cc1)[Si](C)(C)c1ccccc1. The number of ether oxygens (including phenoxy) is 1. The van der Waals surface area contributed by atoms with Gasteiger partial charge in [0.15, 0.2) is 9.84 Å². The molecule has 0 aliphatic heterocycles. The minimum Gasteiger partial charge on any atom is -0.454 e. The molecule has 0 saturated heterocycles. The van der Waals surface area contributed by atoms with Crippen molar-refractivity contribution in [3.05, 3.63) is 95.0 Å². The molecule has 3 rings (SSSR count). The fourth-order valence-electron chi connectivity index (χ4n) is 3.67. The summed E-state index contributed by atoms with van der Waals surface area (Å²) in [5.74, 6) is -0.464. The van der Waals surface area contributed by atoms with Crippen molar-refractivity contribution in [1.82, 2.24) is 0 Å². The van der Waals surface area contributed by atoms with Crippen LogP contribution in [0.5, 0.6) is 0 Å². The normalized spacial score (nSPS) is 13.9. The van der Waals surface area contributed by atoms with Gasteiger partial charge in [0.1, 0.15) is 6.10 Å². The smallest absolute Gasteiger partial charge is 0.338 e. The number of esters is 1. The second-order valence-electron chi connectivity index (χ2n) is 8.55. The predicted octanol–water partition coefficient (Wildman–Crippen LogP) is 5.65. The van der Waals surface area contributed by atoms with Gasteiger partial charge in [-0.15, -0.1) is 0 Å². The highest BCUT2D eigenvalue weighted by atomic mass is 35.5. The van der Waals surface area contributed by atoms with Gasteiger partial charge in [-0.3, -0.25) is 0 Å². The van der Waals surface area contributed by atoms with E-state index in [0.717, 1.165) is 5.56 Å². The van der Waals surface area contributed by atoms with Crippen LogP contribution in [0.25, 0.3) is 0 Å². The van der Waals surface area contributed by atoms with Crippen molar-refractivity contribution in [2.45, 2.75) is 36.6 Å². The van der Waals surface area contributed by atoms with Crippen molar-refractivity contribution in [2.75, 3.05) is 6.26 Å². The number of hydrogen-bond donors (Lipinski definition) is 0. The van der Waals surface area contributed by atoms with E-state index in [-0.39, 0.29) is 10.4 Å². The maximum absolute atomic E-state index is 13.0. The van der Waals surface area contributed by atoms with Crippen LogP contribution in [0.15, 0.2) is 83.8 Å². The molecule has 0 bridgehead atoms. The Kier molecular flexibility index (Phi) is 7.28. The predicted molar refractivity (Wildman–Crippen MR) is 132 cm³/mol. The molecule has 7 heteroatoms. The number of carbonyl (C=O) groups excluding carboxylic acids is 1. The molecule has 32 heavy (non-hydrogen) atoms. The van der Waals surface area contributed by atoms with Crippen molar-refractivity contribution < 1.29 is 17.9 Å². The Hall–Kier alpha value is -2.41. The van der Waals surface area contributed by atoms with Crippen molar-refractivity contribution in [3.8, 4) is 0 Å². The van der Waals surface area contributed by atoms with E-state index in [2.05, 4.69) is 32.2 Å². The molecule has 0 fully saturated rings. The number of carbonyl (C=O) groups is 1. The van der Waals surface area contributed by atoms with Gasteiger partial charge in [-0.1, -0.05) is 85.3 Å². The summed E-state index contributed by atoms with van der Waals surface area (Å²) in [4.78, 5) is 13.2. The molecule has 0 aromatic heterocycles. The lowest BCUT2D eigenvalue weighted by Gasteiger charge is -2.36. The van der Waals surface area contributed by atoms with Gasteiger partial charge in [0, 0.05) is 11.3 Å². The Morgan fingerprint density at radius 1 is 0.938 bits per heavy atom. The minimum atomic E-state index is -3.32. The summed E-state index contributed by atoms with van der Waals surface area (Å²) >= 11 is 6.06. The highest BCUT2D eigenvalue weighted by molar-refractivity contribution is 7.90. The van der Waals surface area contributed by atoms with Gasteiger partial charge in [0.05, 0.1) is 18.5 Å². The fraction of sp³-hybridized carbons (Fsp3) is 0.240. The largest absolute Gasteiger partial charge is 0.454 e. The number of halogens is 1. The van der Waals surface area contributed by atoms with E-state index in [1.54, 1.807) is 48.5 Å². The van der Waals surface area contributed by atoms with E-state index in [1.807, 2.05) is 18.2 Å². The first-order valence-electron chi connectivity index (χ1n) is 10.3. The maximum Gasteiger partial charge on any atom is 0.338 e. The molecule has 4 nitrogen and oxygen atoms in total. The van der Waals surface area contributed by atoms with Crippen molar-refractivity contribution >= 4 is 40.7 Å². The average Bonchev–Trinajstić information content (AvgIpc) is 2.77. The lowest BCUT2D eigenvalue weighted by Crippen LogP contribution is -2.47. The third-order valence-electron chi connectivity index (χ3n) is 6.04. The molecule has 0 saturated carbocycles. The van der Waals surface area contributed by atoms with Gasteiger partial charge < -0.3 is 4.74 Å². The van der Waals surface area contributed by atoms with Crippen LogP contribution in [0.2, 0.25) is 23.7 Å². The third kappa shape index (κ3) is 5.49. The number of rotatable bonds is 7. The zero-order valence-electron chi connectivity index (χ0n) is 18.6. The highest BCUT2D eigenvalue weighted by Gasteiger charge is 2.38. The van der Waals surface area contributed by atoms with Gasteiger partial charge >= 0.3 is 5.97 Å². The van der Waals surface area contributed by atoms with E-state index in [9.17, 15) is 13.2 Å². The van der Waals surface area contributed by atoms with E-state index in [0.29, 0.717) is 10.6 Å². The molecule has 2 atom stereocenters. The monoisotopic (exact) mass is 486 g/mol. The van der Waals surface area contributed by atoms with Crippen LogP contribution in [0.4, 0.5) is 0 Å². The summed E-state index contributed by atoms with van der Waals surface area (Å²) in [6, 6.07) is 23.5. The van der Waals surface area contributed by atoms with Gasteiger partial charge in [0.2, 0.25) is 0 Å². The molecule has 0 spiro atoms. The molecule has 0 radical (unpaired) electrons. The van der Waals surface area contributed by atoms with Crippen molar-refractivity contribution in [1.29, 1.82) is 0 Å². The fourth-order valence-corrected chi connectivity index (χ4v) is 7.09. The van der Waals surface area contributed by atoms with Gasteiger partial charge in [-0.05, 0) is 41.4 Å². The molecule has 0 aliphatic rings. The molecule has 0 amide bonds. The average molecular weight is 487 g/mol. The van der Waals surface area contributed by atoms with E-state index < -0.39 is 30.0 Å². The maximum atomic E-state index is 13.0. The molecule has 3 aromatic rings. The summed E-state index contributed by atoms with van der Waals surface area (Å²) in [6.07, 6.45) is 0.629. The molecule has 3 aromatic carbocycles. The van der Waals surface area contributed by atoms with Crippen LogP contribution < -0.4 is 5.19 Å². The molecular weight excluding hydrogens is 460 g/mol. The van der Waals surface area contributed by atoms with E-state index >= 15 is 0 Å². The van der Waals surface area contributed by atoms with Crippen molar-refractivity contribution in [3.63, 3.8) is 0 Å². The van der Waals surface area contributed by atoms with Crippen LogP contribution in [0.1, 0.15) is 28.9 Å². The number of benzene rings is 3. The van der Waals surface area contributed by atoms with Gasteiger partial charge in [-0.2, -0.15) is 0 Å². The summed E-state index contributed by atoms with van der Waals surface area (Å²) < 4.78 is 29.9. The minimum absolute atomic E-state index is 0.0112. The standard InChI is InChI=1S/C25H27ClO4SSi/c1-18(32(3,4)23-11-6-5-7-12-23)24(19-13-15-22(16-14-19)31(2,28)29)30-25(27)20-9-8-10-21(26)17-20/h5-18,24H,1-4H3/t18-,24?/m0/s1. The number of hydrogen-bond acceptors (Lipinski definition) is 4. The first-order chi connectivity index (χ1) is 15.0. The molecule has 1 unspecified atom stereocenters. The topological polar surface area (TPSA) is 60.4 Å². The molecule has 0 heterocycles. The molecule has 168 valence electrons. The first kappa shape index (κ1) is 24.2. The summed E-state index contributed by atoms with van der Waals surface area (Å²) in [5, 5.41) is 1.71. The van der Waals surface area contributed by atoms with E-state index in [4.69, 9.17) is 16.3 Å². The Bertz CT molecular complexity index is 1190. The Morgan fingerprint density at radius 2 is 1.56 bits per heavy atom. The third-order valence-corrected chi connectivity index (χ3v) is 11.8. The van der Waals surface area contributed by atoms with Crippen LogP contribution in [0, 0.1) is 0 Å². The molecular formula is C25H27ClO4SSi. The molecule has 0 N–H and O–H groups in total. The zero-order valence-corrected chi connectivity index (χ0v) is 21.2.